The molecule has 4 saturated carbocycles. The minimum Gasteiger partial charge on any atom is -0.356 e. The van der Waals surface area contributed by atoms with Crippen LogP contribution < -0.4 is 0 Å². The van der Waals surface area contributed by atoms with Crippen molar-refractivity contribution in [2.75, 3.05) is 6.61 Å². The van der Waals surface area contributed by atoms with Crippen molar-refractivity contribution in [3.8, 4) is 0 Å². The van der Waals surface area contributed by atoms with Gasteiger partial charge in [-0.3, -0.25) is 0 Å². The third-order valence-electron chi connectivity index (χ3n) is 11.2. The molecule has 0 amide bonds. The Labute approximate surface area is 192 Å². The van der Waals surface area contributed by atoms with Crippen molar-refractivity contribution >= 4 is 0 Å². The molecule has 0 bridgehead atoms. The maximum atomic E-state index is 11.1. The highest BCUT2D eigenvalue weighted by atomic mass is 17.0. The lowest BCUT2D eigenvalue weighted by Gasteiger charge is -2.61. The van der Waals surface area contributed by atoms with Gasteiger partial charge in [0, 0.05) is 5.92 Å². The molecule has 1 N–H and O–H groups in total. The highest BCUT2D eigenvalue weighted by molar-refractivity contribution is 5.12. The van der Waals surface area contributed by atoms with E-state index in [0.29, 0.717) is 30.3 Å². The van der Waals surface area contributed by atoms with Crippen molar-refractivity contribution in [2.45, 2.75) is 110 Å². The van der Waals surface area contributed by atoms with Gasteiger partial charge in [-0.05, 0) is 113 Å². The van der Waals surface area contributed by atoms with Crippen LogP contribution in [0.2, 0.25) is 0 Å². The van der Waals surface area contributed by atoms with E-state index in [4.69, 9.17) is 9.57 Å². The molecule has 4 aliphatic carbocycles. The molecule has 0 aromatic rings. The second-order valence-corrected chi connectivity index (χ2v) is 13.0. The standard InChI is InChI=1S/C25H42N2O5/c1-22(2)15-31-25(5,26(22)28)21-9-8-19-18-7-6-16-14-17(32-27(29)30)10-12-23(16,3)20(18)11-13-24(19,21)4/h16-21,28H,6-15H2,1-5H3/t16?,17-,18?,19?,20?,21?,23?,24?,25?/m1/s1. The molecule has 182 valence electrons. The topological polar surface area (TPSA) is 85.1 Å². The van der Waals surface area contributed by atoms with Gasteiger partial charge in [-0.2, -0.15) is 5.06 Å². The monoisotopic (exact) mass is 450 g/mol. The number of rotatable bonds is 3. The Balaban J connectivity index is 1.36. The summed E-state index contributed by atoms with van der Waals surface area (Å²) in [5.74, 6) is 2.97. The Morgan fingerprint density at radius 3 is 2.31 bits per heavy atom. The van der Waals surface area contributed by atoms with Crippen molar-refractivity contribution in [1.82, 2.24) is 5.06 Å². The Morgan fingerprint density at radius 2 is 1.66 bits per heavy atom. The van der Waals surface area contributed by atoms with Gasteiger partial charge in [-0.1, -0.05) is 13.8 Å². The number of ether oxygens (including phenoxy) is 1. The molecular formula is C25H42N2O5. The van der Waals surface area contributed by atoms with Gasteiger partial charge in [-0.15, -0.1) is 10.1 Å². The molecule has 1 aliphatic heterocycles. The van der Waals surface area contributed by atoms with Crippen molar-refractivity contribution in [3.63, 3.8) is 0 Å². The van der Waals surface area contributed by atoms with Crippen molar-refractivity contribution < 1.29 is 19.9 Å². The summed E-state index contributed by atoms with van der Waals surface area (Å²) in [5, 5.41) is 22.9. The number of hydrogen-bond donors (Lipinski definition) is 1. The van der Waals surface area contributed by atoms with Crippen molar-refractivity contribution in [2.24, 2.45) is 40.4 Å². The van der Waals surface area contributed by atoms with Crippen LogP contribution in [-0.2, 0) is 9.57 Å². The Bertz CT molecular complexity index is 775. The SMILES string of the molecule is CC12CC[C@@H](O[N+](=O)[O-])CC1CCC1C2CCC2(C)C1CCC2C1(C)OCC(C)(C)N1O. The average Bonchev–Trinajstić information content (AvgIpc) is 3.18. The molecule has 7 nitrogen and oxygen atoms in total. The Hall–Kier alpha value is -0.920. The van der Waals surface area contributed by atoms with Crippen molar-refractivity contribution in [1.29, 1.82) is 0 Å². The molecule has 7 heteroatoms. The summed E-state index contributed by atoms with van der Waals surface area (Å²) in [5.41, 5.74) is -0.501. The zero-order valence-electron chi connectivity index (χ0n) is 20.5. The van der Waals surface area contributed by atoms with Crippen LogP contribution in [0.15, 0.2) is 0 Å². The van der Waals surface area contributed by atoms with E-state index >= 15 is 0 Å². The van der Waals surface area contributed by atoms with Gasteiger partial charge in [0.1, 0.15) is 11.8 Å². The number of hydrogen-bond acceptors (Lipinski definition) is 6. The number of fused-ring (bicyclic) bond motifs is 5. The van der Waals surface area contributed by atoms with Crippen LogP contribution in [0, 0.1) is 50.5 Å². The van der Waals surface area contributed by atoms with Crippen LogP contribution in [-0.4, -0.2) is 39.3 Å². The fourth-order valence-electron chi connectivity index (χ4n) is 9.61. The van der Waals surface area contributed by atoms with Crippen LogP contribution in [0.4, 0.5) is 0 Å². The van der Waals surface area contributed by atoms with Crippen LogP contribution in [0.5, 0.6) is 0 Å². The lowest BCUT2D eigenvalue weighted by molar-refractivity contribution is -0.770. The molecule has 0 radical (unpaired) electrons. The molecule has 8 unspecified atom stereocenters. The zero-order chi connectivity index (χ0) is 23.1. The quantitative estimate of drug-likeness (QED) is 0.455. The van der Waals surface area contributed by atoms with Crippen molar-refractivity contribution in [3.05, 3.63) is 10.1 Å². The largest absolute Gasteiger partial charge is 0.356 e. The van der Waals surface area contributed by atoms with Gasteiger partial charge in [0.25, 0.3) is 5.09 Å². The summed E-state index contributed by atoms with van der Waals surface area (Å²) in [4.78, 5) is 15.9. The maximum absolute atomic E-state index is 11.1. The second-order valence-electron chi connectivity index (χ2n) is 13.0. The van der Waals surface area contributed by atoms with E-state index in [-0.39, 0.29) is 22.5 Å². The summed E-state index contributed by atoms with van der Waals surface area (Å²) in [6.45, 7) is 11.8. The van der Waals surface area contributed by atoms with Gasteiger partial charge in [0.2, 0.25) is 0 Å². The predicted octanol–water partition coefficient (Wildman–Crippen LogP) is 5.44. The van der Waals surface area contributed by atoms with Crippen LogP contribution >= 0.6 is 0 Å². The minimum atomic E-state index is -0.612. The summed E-state index contributed by atoms with van der Waals surface area (Å²) < 4.78 is 6.36. The predicted molar refractivity (Wildman–Crippen MR) is 119 cm³/mol. The Kier molecular flexibility index (Phi) is 5.20. The third kappa shape index (κ3) is 3.09. The summed E-state index contributed by atoms with van der Waals surface area (Å²) in [6.07, 6.45) is 9.63. The molecule has 1 saturated heterocycles. The average molecular weight is 451 g/mol. The molecule has 9 atom stereocenters. The first-order valence-electron chi connectivity index (χ1n) is 12.9. The first kappa shape index (κ1) is 22.9. The van der Waals surface area contributed by atoms with E-state index in [0.717, 1.165) is 31.6 Å². The molecule has 0 spiro atoms. The maximum Gasteiger partial charge on any atom is 0.294 e. The van der Waals surface area contributed by atoms with E-state index in [1.54, 1.807) is 0 Å². The minimum absolute atomic E-state index is 0.187. The fourth-order valence-corrected chi connectivity index (χ4v) is 9.61. The number of nitrogens with zero attached hydrogens (tertiary/aromatic N) is 2. The van der Waals surface area contributed by atoms with E-state index < -0.39 is 10.8 Å². The van der Waals surface area contributed by atoms with Gasteiger partial charge in [0.15, 0.2) is 0 Å². The van der Waals surface area contributed by atoms with E-state index in [2.05, 4.69) is 34.6 Å². The molecule has 5 fully saturated rings. The molecule has 1 heterocycles. The van der Waals surface area contributed by atoms with Gasteiger partial charge in [0.05, 0.1) is 12.1 Å². The molecule has 0 aromatic heterocycles. The summed E-state index contributed by atoms with van der Waals surface area (Å²) >= 11 is 0. The van der Waals surface area contributed by atoms with E-state index in [1.807, 2.05) is 0 Å². The highest BCUT2D eigenvalue weighted by Gasteiger charge is 2.66. The Morgan fingerprint density at radius 1 is 0.969 bits per heavy atom. The molecule has 5 aliphatic rings. The highest BCUT2D eigenvalue weighted by Crippen LogP contribution is 2.69. The molecular weight excluding hydrogens is 408 g/mol. The zero-order valence-corrected chi connectivity index (χ0v) is 20.5. The normalized spacial score (nSPS) is 52.7. The van der Waals surface area contributed by atoms with Gasteiger partial charge in [-0.25, -0.2) is 0 Å². The van der Waals surface area contributed by atoms with Gasteiger partial charge < -0.3 is 14.8 Å². The third-order valence-corrected chi connectivity index (χ3v) is 11.2. The van der Waals surface area contributed by atoms with Crippen LogP contribution in [0.25, 0.3) is 0 Å². The van der Waals surface area contributed by atoms with Gasteiger partial charge >= 0.3 is 0 Å². The number of hydroxylamine groups is 2. The second kappa shape index (κ2) is 7.29. The summed E-state index contributed by atoms with van der Waals surface area (Å²) in [6, 6.07) is 0. The van der Waals surface area contributed by atoms with E-state index in [1.165, 1.54) is 37.2 Å². The summed E-state index contributed by atoms with van der Waals surface area (Å²) in [7, 11) is 0. The molecule has 32 heavy (non-hydrogen) atoms. The molecule has 5 rings (SSSR count). The first-order valence-corrected chi connectivity index (χ1v) is 12.9. The lowest BCUT2D eigenvalue weighted by atomic mass is 9.44. The first-order chi connectivity index (χ1) is 14.9. The lowest BCUT2D eigenvalue weighted by Crippen LogP contribution is -2.59. The smallest absolute Gasteiger partial charge is 0.294 e. The molecule has 0 aromatic carbocycles. The van der Waals surface area contributed by atoms with E-state index in [9.17, 15) is 15.3 Å². The fraction of sp³-hybridized carbons (Fsp3) is 1.00. The van der Waals surface area contributed by atoms with Crippen LogP contribution in [0.1, 0.15) is 92.4 Å². The van der Waals surface area contributed by atoms with Crippen LogP contribution in [0.3, 0.4) is 0 Å².